The number of ether oxygens (including phenoxy) is 1. The number of benzene rings is 1. The minimum Gasteiger partial charge on any atom is -0.711 e. The first-order valence-corrected chi connectivity index (χ1v) is 7.97. The lowest BCUT2D eigenvalue weighted by atomic mass is 9.78. The Labute approximate surface area is 146 Å². The van der Waals surface area contributed by atoms with Crippen LogP contribution >= 0.6 is 0 Å². The number of hydrogen-bond acceptors (Lipinski definition) is 7. The molecule has 0 amide bonds. The summed E-state index contributed by atoms with van der Waals surface area (Å²) >= 11 is 0. The van der Waals surface area contributed by atoms with Gasteiger partial charge in [0, 0.05) is 27.9 Å². The van der Waals surface area contributed by atoms with Crippen molar-refractivity contribution in [1.29, 1.82) is 0 Å². The fourth-order valence-electron chi connectivity index (χ4n) is 4.29. The average Bonchev–Trinajstić information content (AvgIpc) is 3.20. The molecule has 0 aromatic heterocycles. The summed E-state index contributed by atoms with van der Waals surface area (Å²) < 4.78 is 5.33. The van der Waals surface area contributed by atoms with Crippen LogP contribution in [0.3, 0.4) is 0 Å². The van der Waals surface area contributed by atoms with Gasteiger partial charge in [-0.3, -0.25) is 14.4 Å². The van der Waals surface area contributed by atoms with E-state index in [0.717, 1.165) is 0 Å². The van der Waals surface area contributed by atoms with Gasteiger partial charge >= 0.3 is 0 Å². The van der Waals surface area contributed by atoms with Crippen LogP contribution in [-0.2, 0) is 9.53 Å². The van der Waals surface area contributed by atoms with Gasteiger partial charge in [0.1, 0.15) is 18.0 Å². The molecule has 5 rings (SSSR count). The lowest BCUT2D eigenvalue weighted by molar-refractivity contribution is -0.120. The predicted octanol–water partition coefficient (Wildman–Crippen LogP) is 0.869. The molecule has 0 saturated carbocycles. The van der Waals surface area contributed by atoms with Gasteiger partial charge in [-0.05, 0) is 13.0 Å². The second-order valence-electron chi connectivity index (χ2n) is 6.91. The van der Waals surface area contributed by atoms with Crippen molar-refractivity contribution in [3.05, 3.63) is 57.1 Å². The molecule has 1 aliphatic heterocycles. The van der Waals surface area contributed by atoms with Crippen molar-refractivity contribution in [1.82, 2.24) is 0 Å². The highest BCUT2D eigenvalue weighted by atomic mass is 16.6. The Morgan fingerprint density at radius 1 is 1.15 bits per heavy atom. The predicted molar refractivity (Wildman–Crippen MR) is 84.7 cm³/mol. The lowest BCUT2D eigenvalue weighted by Gasteiger charge is -2.23. The molecule has 8 nitrogen and oxygen atoms in total. The van der Waals surface area contributed by atoms with Gasteiger partial charge < -0.3 is 25.6 Å². The minimum absolute atomic E-state index is 0.0138. The zero-order valence-electron chi connectivity index (χ0n) is 13.4. The first-order chi connectivity index (χ1) is 12.3. The maximum absolute atomic E-state index is 13.0. The van der Waals surface area contributed by atoms with Gasteiger partial charge in [-0.15, -0.1) is 0 Å². The summed E-state index contributed by atoms with van der Waals surface area (Å²) in [6.07, 6.45) is -2.10. The van der Waals surface area contributed by atoms with Gasteiger partial charge in [0.15, 0.2) is 23.0 Å². The SMILES string of the molecule is C[C@@]12O[C@@H]1[C@@H](O)C1=C(C2=O)C(N=[N-])C2=C1C(=O)c1cccc(O)c1C2=O. The maximum atomic E-state index is 13.0. The number of aromatic hydroxyl groups is 1. The molecule has 130 valence electrons. The van der Waals surface area contributed by atoms with E-state index < -0.39 is 41.2 Å². The largest absolute Gasteiger partial charge is 0.711 e. The van der Waals surface area contributed by atoms with Crippen LogP contribution in [0, 0.1) is 0 Å². The van der Waals surface area contributed by atoms with E-state index in [2.05, 4.69) is 5.11 Å². The fraction of sp³-hybridized carbons (Fsp3) is 0.278. The van der Waals surface area contributed by atoms with Crippen LogP contribution in [0.2, 0.25) is 0 Å². The molecule has 1 aromatic rings. The molecule has 4 aliphatic rings. The van der Waals surface area contributed by atoms with Crippen molar-refractivity contribution in [2.75, 3.05) is 0 Å². The van der Waals surface area contributed by atoms with Gasteiger partial charge in [-0.1, -0.05) is 12.1 Å². The third kappa shape index (κ3) is 1.46. The number of Topliss-reactive ketones (excluding diaryl/α,β-unsaturated/α-hetero) is 3. The third-order valence-electron chi connectivity index (χ3n) is 5.61. The van der Waals surface area contributed by atoms with Crippen LogP contribution < -0.4 is 0 Å². The number of carbonyl (C=O) groups excluding carboxylic acids is 3. The number of epoxide rings is 1. The topological polar surface area (TPSA) is 139 Å². The van der Waals surface area contributed by atoms with Gasteiger partial charge in [0.2, 0.25) is 0 Å². The van der Waals surface area contributed by atoms with Crippen LogP contribution in [0.25, 0.3) is 5.53 Å². The number of aliphatic hydroxyl groups excluding tert-OH is 1. The molecule has 1 saturated heterocycles. The Morgan fingerprint density at radius 2 is 1.88 bits per heavy atom. The van der Waals surface area contributed by atoms with Crippen LogP contribution in [-0.4, -0.2) is 51.4 Å². The van der Waals surface area contributed by atoms with Gasteiger partial charge in [-0.2, -0.15) is 0 Å². The fourth-order valence-corrected chi connectivity index (χ4v) is 4.29. The molecule has 4 atom stereocenters. The lowest BCUT2D eigenvalue weighted by Crippen LogP contribution is -2.40. The summed E-state index contributed by atoms with van der Waals surface area (Å²) in [5.41, 5.74) is 7.59. The van der Waals surface area contributed by atoms with E-state index in [1.165, 1.54) is 25.1 Å². The summed E-state index contributed by atoms with van der Waals surface area (Å²) in [6.45, 7) is 1.50. The summed E-state index contributed by atoms with van der Waals surface area (Å²) in [5, 5.41) is 23.8. The molecule has 0 radical (unpaired) electrons. The van der Waals surface area contributed by atoms with Crippen LogP contribution in [0.15, 0.2) is 45.6 Å². The quantitative estimate of drug-likeness (QED) is 0.568. The van der Waals surface area contributed by atoms with Crippen LogP contribution in [0.5, 0.6) is 5.75 Å². The Kier molecular flexibility index (Phi) is 2.59. The van der Waals surface area contributed by atoms with E-state index in [1.807, 2.05) is 0 Å². The molecule has 1 unspecified atom stereocenters. The first kappa shape index (κ1) is 15.3. The molecular formula is C18H11N2O6-. The van der Waals surface area contributed by atoms with Gasteiger partial charge in [0.05, 0.1) is 11.6 Å². The number of phenols is 1. The molecule has 1 aromatic carbocycles. The molecule has 0 spiro atoms. The highest BCUT2D eigenvalue weighted by Crippen LogP contribution is 2.55. The van der Waals surface area contributed by atoms with Gasteiger partial charge in [0.25, 0.3) is 0 Å². The highest BCUT2D eigenvalue weighted by Gasteiger charge is 2.69. The number of fused-ring (bicyclic) bond motifs is 3. The first-order valence-electron chi connectivity index (χ1n) is 7.97. The summed E-state index contributed by atoms with van der Waals surface area (Å²) in [5.74, 6) is -2.21. The van der Waals surface area contributed by atoms with Crippen molar-refractivity contribution >= 4 is 17.3 Å². The van der Waals surface area contributed by atoms with Crippen molar-refractivity contribution in [2.24, 2.45) is 5.11 Å². The minimum atomic E-state index is -1.40. The van der Waals surface area contributed by atoms with Crippen molar-refractivity contribution in [3.8, 4) is 5.75 Å². The monoisotopic (exact) mass is 351 g/mol. The molecule has 26 heavy (non-hydrogen) atoms. The second-order valence-corrected chi connectivity index (χ2v) is 6.91. The van der Waals surface area contributed by atoms with E-state index in [4.69, 9.17) is 4.74 Å². The van der Waals surface area contributed by atoms with E-state index >= 15 is 0 Å². The number of carbonyl (C=O) groups is 3. The van der Waals surface area contributed by atoms with Gasteiger partial charge in [-0.25, -0.2) is 0 Å². The van der Waals surface area contributed by atoms with Crippen LogP contribution in [0.1, 0.15) is 27.6 Å². The van der Waals surface area contributed by atoms with E-state index in [-0.39, 0.29) is 39.2 Å². The summed E-state index contributed by atoms with van der Waals surface area (Å²) in [6, 6.07) is 2.69. The number of phenolic OH excluding ortho intramolecular Hbond substituents is 1. The molecule has 8 heteroatoms. The summed E-state index contributed by atoms with van der Waals surface area (Å²) in [4.78, 5) is 38.8. The average molecular weight is 351 g/mol. The van der Waals surface area contributed by atoms with Crippen LogP contribution in [0.4, 0.5) is 0 Å². The zero-order valence-corrected chi connectivity index (χ0v) is 13.4. The molecule has 1 heterocycles. The van der Waals surface area contributed by atoms with Crippen molar-refractivity contribution in [3.63, 3.8) is 0 Å². The maximum Gasteiger partial charge on any atom is 0.196 e. The van der Waals surface area contributed by atoms with E-state index in [0.29, 0.717) is 0 Å². The summed E-state index contributed by atoms with van der Waals surface area (Å²) in [7, 11) is 0. The molecular weight excluding hydrogens is 340 g/mol. The number of ketones is 3. The highest BCUT2D eigenvalue weighted by molar-refractivity contribution is 6.32. The Balaban J connectivity index is 1.80. The number of hydrogen-bond donors (Lipinski definition) is 2. The normalized spacial score (nSPS) is 34.4. The third-order valence-corrected chi connectivity index (χ3v) is 5.61. The van der Waals surface area contributed by atoms with Crippen molar-refractivity contribution < 1.29 is 29.3 Å². The smallest absolute Gasteiger partial charge is 0.196 e. The number of rotatable bonds is 1. The Hall–Kier alpha value is -2.97. The molecule has 0 bridgehead atoms. The number of aliphatic hydroxyl groups is 1. The Bertz CT molecular complexity index is 1050. The Morgan fingerprint density at radius 3 is 2.58 bits per heavy atom. The standard InChI is InChI=1S/C18H11N2O6/c1-18-16(25)11-9(15(24)17(18)26-18)8-10(12(11)20-19)14(23)7-5(13(8)22)3-2-4-6(7)21/h2-4,12,15,17,21,24H,1H3/q-1/t12?,15-,17+,18-/m0/s1. The van der Waals surface area contributed by atoms with E-state index in [9.17, 15) is 30.1 Å². The molecule has 2 N–H and O–H groups in total. The zero-order chi connectivity index (χ0) is 18.5. The molecule has 1 fully saturated rings. The van der Waals surface area contributed by atoms with Crippen molar-refractivity contribution in [2.45, 2.75) is 30.8 Å². The molecule has 3 aliphatic carbocycles. The number of nitrogens with zero attached hydrogens (tertiary/aromatic N) is 2. The van der Waals surface area contributed by atoms with E-state index in [1.54, 1.807) is 0 Å². The second kappa shape index (κ2) is 4.40.